The van der Waals surface area contributed by atoms with Crippen LogP contribution in [0.15, 0.2) is 36.8 Å². The number of H-pyrrole nitrogens is 1. The summed E-state index contributed by atoms with van der Waals surface area (Å²) in [6.45, 7) is 0.900. The van der Waals surface area contributed by atoms with Gasteiger partial charge in [-0.2, -0.15) is 0 Å². The minimum atomic E-state index is -0.374. The van der Waals surface area contributed by atoms with E-state index in [-0.39, 0.29) is 29.8 Å². The van der Waals surface area contributed by atoms with Crippen molar-refractivity contribution in [3.63, 3.8) is 0 Å². The molecule has 9 heteroatoms. The van der Waals surface area contributed by atoms with E-state index in [9.17, 15) is 14.7 Å². The fourth-order valence-corrected chi connectivity index (χ4v) is 4.83. The van der Waals surface area contributed by atoms with Crippen LogP contribution in [-0.2, 0) is 4.79 Å². The first-order valence-corrected chi connectivity index (χ1v) is 11.2. The average Bonchev–Trinajstić information content (AvgIpc) is 3.22. The second kappa shape index (κ2) is 8.52. The molecule has 1 saturated heterocycles. The third kappa shape index (κ3) is 3.84. The number of nitrogens with zero attached hydrogens (tertiary/aromatic N) is 3. The van der Waals surface area contributed by atoms with Gasteiger partial charge in [-0.15, -0.1) is 0 Å². The Balaban J connectivity index is 1.32. The molecule has 8 nitrogen and oxygen atoms in total. The minimum absolute atomic E-state index is 0.00980. The van der Waals surface area contributed by atoms with Gasteiger partial charge in [0.1, 0.15) is 17.8 Å². The maximum atomic E-state index is 13.2. The monoisotopic (exact) mass is 453 g/mol. The predicted molar refractivity (Wildman–Crippen MR) is 121 cm³/mol. The van der Waals surface area contributed by atoms with Crippen molar-refractivity contribution in [1.82, 2.24) is 19.9 Å². The zero-order valence-electron chi connectivity index (χ0n) is 17.4. The zero-order valence-corrected chi connectivity index (χ0v) is 18.2. The van der Waals surface area contributed by atoms with Crippen molar-refractivity contribution in [2.24, 2.45) is 5.92 Å². The number of likely N-dealkylation sites (tertiary alicyclic amines) is 1. The number of fused-ring (bicyclic) bond motifs is 1. The fourth-order valence-electron chi connectivity index (χ4n) is 4.61. The maximum Gasteiger partial charge on any atom is 0.225 e. The first kappa shape index (κ1) is 20.9. The predicted octanol–water partition coefficient (Wildman–Crippen LogP) is 3.02. The lowest BCUT2D eigenvalue weighted by Crippen LogP contribution is -2.55. The Morgan fingerprint density at radius 3 is 2.56 bits per heavy atom. The van der Waals surface area contributed by atoms with Crippen LogP contribution in [0.5, 0.6) is 0 Å². The van der Waals surface area contributed by atoms with Gasteiger partial charge in [0, 0.05) is 36.8 Å². The molecule has 1 amide bonds. The highest BCUT2D eigenvalue weighted by atomic mass is 35.5. The number of aliphatic hydroxyl groups is 1. The number of halogens is 1. The molecule has 1 saturated carbocycles. The number of hydrogen-bond donors (Lipinski definition) is 3. The number of aromatic amines is 1. The standard InChI is InChI=1S/C23H24ClN5O3/c24-18-4-2-1-3-16(18)20(31)17-9-25-21-19(17)22(27-12-26-21)28-14-7-5-13(6-8-14)23(32)29-10-15(30)11-29/h1-4,9,12-15,30H,5-8,10-11H2,(H2,25,26,27,28)/t13-,14+. The molecule has 0 radical (unpaired) electrons. The van der Waals surface area contributed by atoms with Crippen molar-refractivity contribution in [3.05, 3.63) is 52.9 Å². The summed E-state index contributed by atoms with van der Waals surface area (Å²) in [7, 11) is 0. The minimum Gasteiger partial charge on any atom is -0.389 e. The molecule has 2 aromatic heterocycles. The fraction of sp³-hybridized carbons (Fsp3) is 0.391. The molecule has 2 aliphatic rings. The van der Waals surface area contributed by atoms with Gasteiger partial charge >= 0.3 is 0 Å². The summed E-state index contributed by atoms with van der Waals surface area (Å²) in [5, 5.41) is 14.0. The van der Waals surface area contributed by atoms with Crippen LogP contribution < -0.4 is 5.32 Å². The number of β-amino-alcohol motifs (C(OH)–C–C–N with tert-alkyl or cyclic N) is 1. The van der Waals surface area contributed by atoms with Gasteiger partial charge in [0.25, 0.3) is 0 Å². The largest absolute Gasteiger partial charge is 0.389 e. The molecular formula is C23H24ClN5O3. The Morgan fingerprint density at radius 2 is 1.84 bits per heavy atom. The topological polar surface area (TPSA) is 111 Å². The van der Waals surface area contributed by atoms with Gasteiger partial charge in [0.2, 0.25) is 5.91 Å². The van der Waals surface area contributed by atoms with Crippen LogP contribution in [0.2, 0.25) is 5.02 Å². The number of amides is 1. The Labute approximate surface area is 190 Å². The lowest BCUT2D eigenvalue weighted by molar-refractivity contribution is -0.146. The van der Waals surface area contributed by atoms with Crippen LogP contribution in [0, 0.1) is 5.92 Å². The summed E-state index contributed by atoms with van der Waals surface area (Å²) in [5.74, 6) is 0.574. The van der Waals surface area contributed by atoms with Crippen molar-refractivity contribution in [3.8, 4) is 0 Å². The number of carbonyl (C=O) groups excluding carboxylic acids is 2. The summed E-state index contributed by atoms with van der Waals surface area (Å²) < 4.78 is 0. The molecular weight excluding hydrogens is 430 g/mol. The van der Waals surface area contributed by atoms with Gasteiger partial charge in [-0.25, -0.2) is 9.97 Å². The summed E-state index contributed by atoms with van der Waals surface area (Å²) in [6, 6.07) is 7.12. The van der Waals surface area contributed by atoms with E-state index in [0.29, 0.717) is 46.1 Å². The van der Waals surface area contributed by atoms with Crippen LogP contribution >= 0.6 is 11.6 Å². The molecule has 2 fully saturated rings. The summed E-state index contributed by atoms with van der Waals surface area (Å²) in [6.07, 6.45) is 5.97. The Morgan fingerprint density at radius 1 is 1.09 bits per heavy atom. The van der Waals surface area contributed by atoms with Crippen LogP contribution in [0.1, 0.15) is 41.6 Å². The van der Waals surface area contributed by atoms with E-state index in [0.717, 1.165) is 25.7 Å². The molecule has 1 aromatic carbocycles. The number of aliphatic hydroxyl groups excluding tert-OH is 1. The normalized spacial score (nSPS) is 21.4. The number of carbonyl (C=O) groups is 2. The first-order valence-electron chi connectivity index (χ1n) is 10.9. The lowest BCUT2D eigenvalue weighted by Gasteiger charge is -2.39. The van der Waals surface area contributed by atoms with Crippen LogP contribution in [0.4, 0.5) is 5.82 Å². The van der Waals surface area contributed by atoms with E-state index < -0.39 is 0 Å². The Hall–Kier alpha value is -2.97. The van der Waals surface area contributed by atoms with Crippen molar-refractivity contribution < 1.29 is 14.7 Å². The quantitative estimate of drug-likeness (QED) is 0.512. The molecule has 32 heavy (non-hydrogen) atoms. The van der Waals surface area contributed by atoms with Crippen molar-refractivity contribution in [1.29, 1.82) is 0 Å². The lowest BCUT2D eigenvalue weighted by atomic mass is 9.84. The number of aromatic nitrogens is 3. The SMILES string of the molecule is O=C(c1ccccc1Cl)c1c[nH]c2ncnc(N[C@H]3CC[C@@H](C(=O)N4CC(O)C4)CC3)c12. The van der Waals surface area contributed by atoms with Crippen LogP contribution in [0.3, 0.4) is 0 Å². The molecule has 3 heterocycles. The summed E-state index contributed by atoms with van der Waals surface area (Å²) >= 11 is 6.24. The molecule has 166 valence electrons. The Bertz CT molecular complexity index is 1170. The van der Waals surface area contributed by atoms with E-state index >= 15 is 0 Å². The molecule has 1 aliphatic carbocycles. The highest BCUT2D eigenvalue weighted by Gasteiger charge is 2.35. The van der Waals surface area contributed by atoms with Gasteiger partial charge in [-0.05, 0) is 37.8 Å². The number of anilines is 1. The van der Waals surface area contributed by atoms with Gasteiger partial charge in [-0.1, -0.05) is 23.7 Å². The van der Waals surface area contributed by atoms with Crippen LogP contribution in [0.25, 0.3) is 11.0 Å². The number of nitrogens with one attached hydrogen (secondary N) is 2. The smallest absolute Gasteiger partial charge is 0.225 e. The molecule has 3 aromatic rings. The molecule has 0 atom stereocenters. The van der Waals surface area contributed by atoms with E-state index in [2.05, 4.69) is 20.3 Å². The number of benzene rings is 1. The van der Waals surface area contributed by atoms with E-state index in [1.165, 1.54) is 6.33 Å². The third-order valence-corrected chi connectivity index (χ3v) is 6.75. The third-order valence-electron chi connectivity index (χ3n) is 6.42. The van der Waals surface area contributed by atoms with Crippen molar-refractivity contribution >= 4 is 40.1 Å². The molecule has 5 rings (SSSR count). The molecule has 1 aliphatic heterocycles. The second-order valence-corrected chi connectivity index (χ2v) is 8.95. The van der Waals surface area contributed by atoms with Crippen molar-refractivity contribution in [2.45, 2.75) is 37.8 Å². The number of rotatable bonds is 5. The van der Waals surface area contributed by atoms with Gasteiger partial charge in [-0.3, -0.25) is 9.59 Å². The number of hydrogen-bond acceptors (Lipinski definition) is 6. The zero-order chi connectivity index (χ0) is 22.2. The molecule has 0 unspecified atom stereocenters. The Kier molecular flexibility index (Phi) is 5.57. The van der Waals surface area contributed by atoms with Gasteiger partial charge < -0.3 is 20.3 Å². The van der Waals surface area contributed by atoms with Crippen LogP contribution in [-0.4, -0.2) is 61.9 Å². The summed E-state index contributed by atoms with van der Waals surface area (Å²) in [5.41, 5.74) is 1.48. The van der Waals surface area contributed by atoms with E-state index in [4.69, 9.17) is 11.6 Å². The van der Waals surface area contributed by atoms with Crippen molar-refractivity contribution in [2.75, 3.05) is 18.4 Å². The van der Waals surface area contributed by atoms with Gasteiger partial charge in [0.15, 0.2) is 5.78 Å². The molecule has 0 bridgehead atoms. The highest BCUT2D eigenvalue weighted by Crippen LogP contribution is 2.32. The molecule has 3 N–H and O–H groups in total. The molecule has 0 spiro atoms. The number of ketones is 1. The average molecular weight is 454 g/mol. The van der Waals surface area contributed by atoms with E-state index in [1.54, 1.807) is 35.4 Å². The second-order valence-electron chi connectivity index (χ2n) is 8.55. The van der Waals surface area contributed by atoms with Gasteiger partial charge in [0.05, 0.1) is 22.1 Å². The van der Waals surface area contributed by atoms with E-state index in [1.807, 2.05) is 0 Å². The maximum absolute atomic E-state index is 13.2. The first-order chi connectivity index (χ1) is 15.5. The summed E-state index contributed by atoms with van der Waals surface area (Å²) in [4.78, 5) is 39.2. The highest BCUT2D eigenvalue weighted by molar-refractivity contribution is 6.35.